The van der Waals surface area contributed by atoms with Crippen molar-refractivity contribution in [2.45, 2.75) is 51.6 Å². The first kappa shape index (κ1) is 17.4. The van der Waals surface area contributed by atoms with Gasteiger partial charge in [-0.2, -0.15) is 0 Å². The van der Waals surface area contributed by atoms with Gasteiger partial charge in [0.2, 0.25) is 5.91 Å². The lowest BCUT2D eigenvalue weighted by atomic mass is 10.0. The number of nitrogens with zero attached hydrogens (tertiary/aromatic N) is 5. The molecule has 8 heteroatoms. The topological polar surface area (TPSA) is 82.1 Å². The number of carbonyl (C=O) groups excluding carboxylic acids is 1. The Kier molecular flexibility index (Phi) is 4.78. The summed E-state index contributed by atoms with van der Waals surface area (Å²) in [6, 6.07) is 0.317. The molecule has 0 saturated carbocycles. The van der Waals surface area contributed by atoms with Crippen molar-refractivity contribution in [3.8, 4) is 0 Å². The van der Waals surface area contributed by atoms with Gasteiger partial charge < -0.3 is 9.47 Å². The molecule has 0 unspecified atom stereocenters. The molecule has 3 heterocycles. The maximum absolute atomic E-state index is 12.4. The van der Waals surface area contributed by atoms with Crippen LogP contribution in [0.15, 0.2) is 15.9 Å². The molecule has 0 radical (unpaired) electrons. The van der Waals surface area contributed by atoms with E-state index in [1.165, 1.54) is 18.0 Å². The Labute approximate surface area is 145 Å². The second-order valence-electron chi connectivity index (χ2n) is 6.85. The number of amides is 1. The van der Waals surface area contributed by atoms with Crippen molar-refractivity contribution < 1.29 is 4.79 Å². The zero-order valence-corrected chi connectivity index (χ0v) is 15.1. The quantitative estimate of drug-likeness (QED) is 0.812. The van der Waals surface area contributed by atoms with E-state index >= 15 is 0 Å². The smallest absolute Gasteiger partial charge is 0.332 e. The Morgan fingerprint density at radius 2 is 2.00 bits per heavy atom. The second kappa shape index (κ2) is 6.85. The fourth-order valence-corrected chi connectivity index (χ4v) is 3.58. The molecule has 2 aromatic rings. The predicted molar refractivity (Wildman–Crippen MR) is 94.5 cm³/mol. The monoisotopic (exact) mass is 347 g/mol. The average molecular weight is 347 g/mol. The molecular formula is C17H25N5O3. The number of piperidine rings is 1. The van der Waals surface area contributed by atoms with E-state index in [0.717, 1.165) is 24.0 Å². The van der Waals surface area contributed by atoms with Gasteiger partial charge in [0.15, 0.2) is 11.2 Å². The van der Waals surface area contributed by atoms with Gasteiger partial charge in [0, 0.05) is 39.6 Å². The third kappa shape index (κ3) is 3.12. The van der Waals surface area contributed by atoms with Crippen molar-refractivity contribution in [3.05, 3.63) is 27.2 Å². The molecular weight excluding hydrogens is 322 g/mol. The molecule has 1 atom stereocenters. The standard InChI is InChI=1S/C17H25N5O3/c1-12-7-4-5-10-22(12)13(23)8-6-9-21-11-18-15-14(21)16(24)20(3)17(25)19(15)2/h11-12H,4-10H2,1-3H3/t12-/m1/s1. The molecule has 3 rings (SSSR count). The Morgan fingerprint density at radius 1 is 1.24 bits per heavy atom. The van der Waals surface area contributed by atoms with E-state index in [0.29, 0.717) is 36.6 Å². The number of carbonyl (C=O) groups is 1. The summed E-state index contributed by atoms with van der Waals surface area (Å²) in [4.78, 5) is 42.9. The highest BCUT2D eigenvalue weighted by atomic mass is 16.2. The minimum absolute atomic E-state index is 0.178. The molecule has 25 heavy (non-hydrogen) atoms. The van der Waals surface area contributed by atoms with Crippen molar-refractivity contribution in [2.75, 3.05) is 6.54 Å². The van der Waals surface area contributed by atoms with E-state index in [-0.39, 0.29) is 11.5 Å². The predicted octanol–water partition coefficient (Wildman–Crippen LogP) is 0.615. The number of fused-ring (bicyclic) bond motifs is 1. The highest BCUT2D eigenvalue weighted by molar-refractivity contribution is 5.76. The van der Waals surface area contributed by atoms with E-state index in [9.17, 15) is 14.4 Å². The first-order valence-corrected chi connectivity index (χ1v) is 8.82. The van der Waals surface area contributed by atoms with E-state index in [4.69, 9.17) is 0 Å². The van der Waals surface area contributed by atoms with E-state index in [1.54, 1.807) is 17.9 Å². The van der Waals surface area contributed by atoms with Crippen LogP contribution in [0.1, 0.15) is 39.0 Å². The molecule has 1 aliphatic rings. The molecule has 0 bridgehead atoms. The minimum Gasteiger partial charge on any atom is -0.340 e. The lowest BCUT2D eigenvalue weighted by Gasteiger charge is -2.33. The maximum atomic E-state index is 12.4. The molecule has 0 N–H and O–H groups in total. The number of rotatable bonds is 4. The lowest BCUT2D eigenvalue weighted by molar-refractivity contribution is -0.134. The maximum Gasteiger partial charge on any atom is 0.332 e. The summed E-state index contributed by atoms with van der Waals surface area (Å²) in [5, 5.41) is 0. The van der Waals surface area contributed by atoms with Crippen LogP contribution >= 0.6 is 0 Å². The first-order chi connectivity index (χ1) is 11.9. The Morgan fingerprint density at radius 3 is 2.72 bits per heavy atom. The molecule has 0 aliphatic carbocycles. The van der Waals surface area contributed by atoms with Gasteiger partial charge in [-0.05, 0) is 32.6 Å². The summed E-state index contributed by atoms with van der Waals surface area (Å²) in [5.74, 6) is 0.178. The van der Waals surface area contributed by atoms with Crippen molar-refractivity contribution in [1.29, 1.82) is 0 Å². The van der Waals surface area contributed by atoms with Crippen molar-refractivity contribution in [2.24, 2.45) is 14.1 Å². The average Bonchev–Trinajstić information content (AvgIpc) is 3.02. The lowest BCUT2D eigenvalue weighted by Crippen LogP contribution is -2.42. The van der Waals surface area contributed by atoms with Crippen molar-refractivity contribution in [1.82, 2.24) is 23.6 Å². The van der Waals surface area contributed by atoms with Crippen LogP contribution in [0.4, 0.5) is 0 Å². The van der Waals surface area contributed by atoms with Crippen LogP contribution in [0, 0.1) is 0 Å². The third-order valence-corrected chi connectivity index (χ3v) is 5.13. The van der Waals surface area contributed by atoms with E-state index < -0.39 is 5.69 Å². The van der Waals surface area contributed by atoms with Crippen LogP contribution in [-0.4, -0.2) is 42.1 Å². The largest absolute Gasteiger partial charge is 0.340 e. The van der Waals surface area contributed by atoms with Gasteiger partial charge in [-0.25, -0.2) is 9.78 Å². The summed E-state index contributed by atoms with van der Waals surface area (Å²) in [6.45, 7) is 3.47. The number of hydrogen-bond donors (Lipinski definition) is 0. The molecule has 1 saturated heterocycles. The molecule has 1 aliphatic heterocycles. The van der Waals surface area contributed by atoms with Crippen LogP contribution in [-0.2, 0) is 25.4 Å². The molecule has 136 valence electrons. The summed E-state index contributed by atoms with van der Waals surface area (Å²) in [5.41, 5.74) is 0.0380. The van der Waals surface area contributed by atoms with Gasteiger partial charge in [0.05, 0.1) is 6.33 Å². The Bertz CT molecular complexity index is 907. The van der Waals surface area contributed by atoms with Crippen LogP contribution in [0.2, 0.25) is 0 Å². The van der Waals surface area contributed by atoms with Crippen LogP contribution < -0.4 is 11.2 Å². The van der Waals surface area contributed by atoms with Crippen LogP contribution in [0.5, 0.6) is 0 Å². The van der Waals surface area contributed by atoms with Gasteiger partial charge in [-0.1, -0.05) is 0 Å². The van der Waals surface area contributed by atoms with Crippen LogP contribution in [0.3, 0.4) is 0 Å². The molecule has 2 aromatic heterocycles. The van der Waals surface area contributed by atoms with Gasteiger partial charge in [-0.3, -0.25) is 18.7 Å². The van der Waals surface area contributed by atoms with Crippen molar-refractivity contribution in [3.63, 3.8) is 0 Å². The molecule has 0 spiro atoms. The Hall–Kier alpha value is -2.38. The zero-order chi connectivity index (χ0) is 18.1. The summed E-state index contributed by atoms with van der Waals surface area (Å²) < 4.78 is 4.19. The summed E-state index contributed by atoms with van der Waals surface area (Å²) in [7, 11) is 3.06. The number of likely N-dealkylation sites (tertiary alicyclic amines) is 1. The van der Waals surface area contributed by atoms with Crippen molar-refractivity contribution >= 4 is 17.1 Å². The summed E-state index contributed by atoms with van der Waals surface area (Å²) >= 11 is 0. The SMILES string of the molecule is C[C@@H]1CCCCN1C(=O)CCCn1cnc2c1c(=O)n(C)c(=O)n2C. The van der Waals surface area contributed by atoms with Crippen LogP contribution in [0.25, 0.3) is 11.2 Å². The van der Waals surface area contributed by atoms with E-state index in [1.807, 2.05) is 4.90 Å². The van der Waals surface area contributed by atoms with Gasteiger partial charge >= 0.3 is 5.69 Å². The first-order valence-electron chi connectivity index (χ1n) is 8.82. The van der Waals surface area contributed by atoms with Gasteiger partial charge in [-0.15, -0.1) is 0 Å². The third-order valence-electron chi connectivity index (χ3n) is 5.13. The highest BCUT2D eigenvalue weighted by Gasteiger charge is 2.22. The Balaban J connectivity index is 1.73. The fourth-order valence-electron chi connectivity index (χ4n) is 3.58. The summed E-state index contributed by atoms with van der Waals surface area (Å²) in [6.07, 6.45) is 6.00. The molecule has 8 nitrogen and oxygen atoms in total. The molecule has 0 aromatic carbocycles. The number of aryl methyl sites for hydroxylation is 2. The zero-order valence-electron chi connectivity index (χ0n) is 15.1. The number of hydrogen-bond acceptors (Lipinski definition) is 4. The molecule has 1 amide bonds. The minimum atomic E-state index is -0.392. The number of imidazole rings is 1. The highest BCUT2D eigenvalue weighted by Crippen LogP contribution is 2.18. The van der Waals surface area contributed by atoms with Gasteiger partial charge in [0.1, 0.15) is 0 Å². The second-order valence-corrected chi connectivity index (χ2v) is 6.85. The molecule has 1 fully saturated rings. The fraction of sp³-hybridized carbons (Fsp3) is 0.647. The van der Waals surface area contributed by atoms with Gasteiger partial charge in [0.25, 0.3) is 5.56 Å². The van der Waals surface area contributed by atoms with E-state index in [2.05, 4.69) is 11.9 Å². The number of aromatic nitrogens is 4. The normalized spacial score (nSPS) is 18.0.